The molecule has 2 aliphatic heterocycles. The molecule has 0 radical (unpaired) electrons. The third kappa shape index (κ3) is 4.56. The number of ether oxygens (including phenoxy) is 2. The molecule has 0 unspecified atom stereocenters. The number of benzene rings is 2. The van der Waals surface area contributed by atoms with E-state index in [2.05, 4.69) is 43.4 Å². The zero-order valence-electron chi connectivity index (χ0n) is 17.3. The number of nitrogens with one attached hydrogen (secondary N) is 1. The number of nitrogens with zero attached hydrogens (tertiary/aromatic N) is 1. The molecule has 0 saturated carbocycles. The zero-order chi connectivity index (χ0) is 20.2. The molecule has 0 aliphatic carbocycles. The summed E-state index contributed by atoms with van der Waals surface area (Å²) >= 11 is 0. The van der Waals surface area contributed by atoms with Crippen molar-refractivity contribution in [1.82, 2.24) is 10.2 Å². The van der Waals surface area contributed by atoms with Gasteiger partial charge in [-0.05, 0) is 54.2 Å². The fourth-order valence-electron chi connectivity index (χ4n) is 4.09. The second-order valence-electron chi connectivity index (χ2n) is 8.20. The van der Waals surface area contributed by atoms with Crippen molar-refractivity contribution in [1.29, 1.82) is 0 Å². The van der Waals surface area contributed by atoms with Crippen LogP contribution in [0.5, 0.6) is 11.5 Å². The quantitative estimate of drug-likeness (QED) is 0.799. The molecule has 2 heterocycles. The Hall–Kier alpha value is -2.53. The predicted octanol–water partition coefficient (Wildman–Crippen LogP) is 4.18. The predicted molar refractivity (Wildman–Crippen MR) is 113 cm³/mol. The van der Waals surface area contributed by atoms with Crippen LogP contribution in [0.4, 0.5) is 0 Å². The van der Waals surface area contributed by atoms with Gasteiger partial charge < -0.3 is 19.7 Å². The summed E-state index contributed by atoms with van der Waals surface area (Å²) in [6.45, 7) is 8.14. The highest BCUT2D eigenvalue weighted by atomic mass is 16.6. The van der Waals surface area contributed by atoms with Crippen LogP contribution in [0.15, 0.2) is 42.5 Å². The maximum Gasteiger partial charge on any atom is 0.253 e. The van der Waals surface area contributed by atoms with E-state index < -0.39 is 0 Å². The average molecular weight is 395 g/mol. The van der Waals surface area contributed by atoms with E-state index in [0.717, 1.165) is 49.5 Å². The molecule has 1 saturated heterocycles. The number of amides is 1. The summed E-state index contributed by atoms with van der Waals surface area (Å²) < 4.78 is 11.4. The van der Waals surface area contributed by atoms with E-state index in [4.69, 9.17) is 9.47 Å². The molecule has 2 aromatic rings. The minimum Gasteiger partial charge on any atom is -0.486 e. The number of carbonyl (C=O) groups excluding carboxylic acids is 1. The molecule has 0 bridgehead atoms. The van der Waals surface area contributed by atoms with Gasteiger partial charge in [0.2, 0.25) is 0 Å². The SMILES string of the molecule is CC(C)[C@@H](NCc1ccc(C(=O)N2CCCC2)cc1)c1ccc2c(c1)OCCO2. The molecular formula is C24H30N2O3. The van der Waals surface area contributed by atoms with Crippen molar-refractivity contribution in [3.05, 3.63) is 59.2 Å². The number of carbonyl (C=O) groups is 1. The third-order valence-corrected chi connectivity index (χ3v) is 5.71. The molecule has 4 rings (SSSR count). The van der Waals surface area contributed by atoms with Gasteiger partial charge in [0, 0.05) is 31.2 Å². The standard InChI is InChI=1S/C24H30N2O3/c1-17(2)23(20-9-10-21-22(15-20)29-14-13-28-21)25-16-18-5-7-19(8-6-18)24(27)26-11-3-4-12-26/h5-10,15,17,23,25H,3-4,11-14,16H2,1-2H3/t23-/m1/s1. The maximum absolute atomic E-state index is 12.5. The number of hydrogen-bond acceptors (Lipinski definition) is 4. The largest absolute Gasteiger partial charge is 0.486 e. The van der Waals surface area contributed by atoms with Gasteiger partial charge in [0.1, 0.15) is 13.2 Å². The van der Waals surface area contributed by atoms with Crippen LogP contribution < -0.4 is 14.8 Å². The zero-order valence-corrected chi connectivity index (χ0v) is 17.3. The lowest BCUT2D eigenvalue weighted by atomic mass is 9.95. The summed E-state index contributed by atoms with van der Waals surface area (Å²) in [4.78, 5) is 14.5. The molecule has 2 aliphatic rings. The minimum atomic E-state index is 0.151. The second kappa shape index (κ2) is 8.87. The Morgan fingerprint density at radius 1 is 1.00 bits per heavy atom. The van der Waals surface area contributed by atoms with E-state index in [-0.39, 0.29) is 11.9 Å². The summed E-state index contributed by atoms with van der Waals surface area (Å²) in [6, 6.07) is 14.4. The van der Waals surface area contributed by atoms with Gasteiger partial charge in [0.25, 0.3) is 5.91 Å². The summed E-state index contributed by atoms with van der Waals surface area (Å²) in [5.74, 6) is 2.22. The Kier molecular flexibility index (Phi) is 6.05. The van der Waals surface area contributed by atoms with E-state index in [1.165, 1.54) is 11.1 Å². The van der Waals surface area contributed by atoms with E-state index in [1.54, 1.807) is 0 Å². The topological polar surface area (TPSA) is 50.8 Å². The Morgan fingerprint density at radius 3 is 2.38 bits per heavy atom. The second-order valence-corrected chi connectivity index (χ2v) is 8.20. The van der Waals surface area contributed by atoms with Crippen molar-refractivity contribution >= 4 is 5.91 Å². The van der Waals surface area contributed by atoms with Gasteiger partial charge in [-0.1, -0.05) is 32.0 Å². The molecule has 0 spiro atoms. The lowest BCUT2D eigenvalue weighted by Crippen LogP contribution is -2.27. The number of fused-ring (bicyclic) bond motifs is 1. The average Bonchev–Trinajstić information content (AvgIpc) is 3.28. The molecule has 2 aromatic carbocycles. The number of likely N-dealkylation sites (tertiary alicyclic amines) is 1. The highest BCUT2D eigenvalue weighted by molar-refractivity contribution is 5.94. The van der Waals surface area contributed by atoms with Crippen LogP contribution in [0, 0.1) is 5.92 Å². The summed E-state index contributed by atoms with van der Waals surface area (Å²) in [7, 11) is 0. The first-order chi connectivity index (χ1) is 14.1. The van der Waals surface area contributed by atoms with Gasteiger partial charge in [-0.3, -0.25) is 4.79 Å². The molecule has 5 nitrogen and oxygen atoms in total. The van der Waals surface area contributed by atoms with Crippen molar-refractivity contribution in [2.24, 2.45) is 5.92 Å². The Balaban J connectivity index is 1.41. The van der Waals surface area contributed by atoms with Gasteiger partial charge in [0.15, 0.2) is 11.5 Å². The molecule has 1 fully saturated rings. The Bertz CT molecular complexity index is 842. The first kappa shape index (κ1) is 19.8. The summed E-state index contributed by atoms with van der Waals surface area (Å²) in [6.07, 6.45) is 2.23. The monoisotopic (exact) mass is 394 g/mol. The van der Waals surface area contributed by atoms with Crippen LogP contribution in [0.1, 0.15) is 54.2 Å². The van der Waals surface area contributed by atoms with Crippen molar-refractivity contribution in [2.75, 3.05) is 26.3 Å². The van der Waals surface area contributed by atoms with Gasteiger partial charge in [-0.15, -0.1) is 0 Å². The first-order valence-corrected chi connectivity index (χ1v) is 10.6. The first-order valence-electron chi connectivity index (χ1n) is 10.6. The molecule has 1 amide bonds. The molecule has 29 heavy (non-hydrogen) atoms. The molecular weight excluding hydrogens is 364 g/mol. The highest BCUT2D eigenvalue weighted by Gasteiger charge is 2.21. The van der Waals surface area contributed by atoms with Crippen LogP contribution in [0.25, 0.3) is 0 Å². The van der Waals surface area contributed by atoms with Crippen molar-refractivity contribution in [2.45, 2.75) is 39.3 Å². The number of rotatable bonds is 6. The molecule has 5 heteroatoms. The lowest BCUT2D eigenvalue weighted by Gasteiger charge is -2.25. The normalized spacial score (nSPS) is 16.9. The van der Waals surface area contributed by atoms with Crippen LogP contribution in [-0.2, 0) is 6.54 Å². The van der Waals surface area contributed by atoms with E-state index in [1.807, 2.05) is 23.1 Å². The van der Waals surface area contributed by atoms with Crippen LogP contribution in [-0.4, -0.2) is 37.1 Å². The maximum atomic E-state index is 12.5. The van der Waals surface area contributed by atoms with Gasteiger partial charge in [-0.25, -0.2) is 0 Å². The van der Waals surface area contributed by atoms with Gasteiger partial charge in [0.05, 0.1) is 0 Å². The van der Waals surface area contributed by atoms with Gasteiger partial charge >= 0.3 is 0 Å². The number of hydrogen-bond donors (Lipinski definition) is 1. The van der Waals surface area contributed by atoms with E-state index in [0.29, 0.717) is 19.1 Å². The highest BCUT2D eigenvalue weighted by Crippen LogP contribution is 2.34. The van der Waals surface area contributed by atoms with E-state index in [9.17, 15) is 4.79 Å². The molecule has 154 valence electrons. The smallest absolute Gasteiger partial charge is 0.253 e. The fraction of sp³-hybridized carbons (Fsp3) is 0.458. The lowest BCUT2D eigenvalue weighted by molar-refractivity contribution is 0.0793. The fourth-order valence-corrected chi connectivity index (χ4v) is 4.09. The van der Waals surface area contributed by atoms with E-state index >= 15 is 0 Å². The van der Waals surface area contributed by atoms with Crippen LogP contribution in [0.2, 0.25) is 0 Å². The van der Waals surface area contributed by atoms with Crippen molar-refractivity contribution < 1.29 is 14.3 Å². The van der Waals surface area contributed by atoms with Crippen molar-refractivity contribution in [3.63, 3.8) is 0 Å². The van der Waals surface area contributed by atoms with Gasteiger partial charge in [-0.2, -0.15) is 0 Å². The van der Waals surface area contributed by atoms with Crippen LogP contribution in [0.3, 0.4) is 0 Å². The molecule has 1 N–H and O–H groups in total. The Labute approximate surface area is 173 Å². The molecule has 1 atom stereocenters. The third-order valence-electron chi connectivity index (χ3n) is 5.71. The molecule has 0 aromatic heterocycles. The Morgan fingerprint density at radius 2 is 1.69 bits per heavy atom. The minimum absolute atomic E-state index is 0.151. The van der Waals surface area contributed by atoms with Crippen LogP contribution >= 0.6 is 0 Å². The van der Waals surface area contributed by atoms with Crippen molar-refractivity contribution in [3.8, 4) is 11.5 Å². The summed E-state index contributed by atoms with van der Waals surface area (Å²) in [5.41, 5.74) is 3.15. The summed E-state index contributed by atoms with van der Waals surface area (Å²) in [5, 5.41) is 3.67.